The number of ether oxygens (including phenoxy) is 1. The molecule has 144 valence electrons. The molecule has 2 aromatic carbocycles. The highest BCUT2D eigenvalue weighted by atomic mass is 16.5. The van der Waals surface area contributed by atoms with Gasteiger partial charge in [0.1, 0.15) is 11.6 Å². The number of carbonyl (C=O) groups excluding carboxylic acids is 1. The number of aromatic nitrogens is 2. The summed E-state index contributed by atoms with van der Waals surface area (Å²) in [4.78, 5) is 24.1. The normalized spacial score (nSPS) is 16.8. The fraction of sp³-hybridized carbons (Fsp3) is 0.318. The first-order chi connectivity index (χ1) is 13.7. The molecule has 0 radical (unpaired) electrons. The van der Waals surface area contributed by atoms with Crippen LogP contribution in [-0.2, 0) is 0 Å². The number of rotatable bonds is 5. The van der Waals surface area contributed by atoms with Gasteiger partial charge in [-0.05, 0) is 44.0 Å². The SMILES string of the molecule is CCOc1ccccc1C(=O)N1CCCC(Nc2cnc3ccccc3n2)C1. The zero-order valence-corrected chi connectivity index (χ0v) is 16.0. The number of piperidine rings is 1. The van der Waals surface area contributed by atoms with E-state index in [9.17, 15) is 4.79 Å². The maximum Gasteiger partial charge on any atom is 0.257 e. The molecule has 6 heteroatoms. The third kappa shape index (κ3) is 3.91. The first kappa shape index (κ1) is 18.2. The van der Waals surface area contributed by atoms with Gasteiger partial charge in [-0.15, -0.1) is 0 Å². The summed E-state index contributed by atoms with van der Waals surface area (Å²) in [5, 5.41) is 3.45. The molecule has 6 nitrogen and oxygen atoms in total. The predicted octanol–water partition coefficient (Wildman–Crippen LogP) is 3.75. The van der Waals surface area contributed by atoms with Gasteiger partial charge in [0.25, 0.3) is 5.91 Å². The Morgan fingerprint density at radius 2 is 1.96 bits per heavy atom. The van der Waals surface area contributed by atoms with Gasteiger partial charge in [0, 0.05) is 19.1 Å². The molecule has 3 aromatic rings. The predicted molar refractivity (Wildman–Crippen MR) is 110 cm³/mol. The van der Waals surface area contributed by atoms with Crippen LogP contribution in [0.25, 0.3) is 11.0 Å². The number of hydrogen-bond donors (Lipinski definition) is 1. The Hall–Kier alpha value is -3.15. The second kappa shape index (κ2) is 8.25. The van der Waals surface area contributed by atoms with Gasteiger partial charge in [-0.2, -0.15) is 0 Å². The standard InChI is InChI=1S/C22H24N4O2/c1-2-28-20-12-6-3-9-17(20)22(27)26-13-7-8-16(15-26)24-21-14-23-18-10-4-5-11-19(18)25-21/h3-6,9-12,14,16H,2,7-8,13,15H2,1H3,(H,24,25). The molecule has 1 N–H and O–H groups in total. The quantitative estimate of drug-likeness (QED) is 0.735. The number of fused-ring (bicyclic) bond motifs is 1. The summed E-state index contributed by atoms with van der Waals surface area (Å²) in [5.74, 6) is 1.40. The van der Waals surface area contributed by atoms with Gasteiger partial charge >= 0.3 is 0 Å². The van der Waals surface area contributed by atoms with Crippen LogP contribution in [0.1, 0.15) is 30.1 Å². The van der Waals surface area contributed by atoms with Crippen molar-refractivity contribution in [3.63, 3.8) is 0 Å². The number of para-hydroxylation sites is 3. The van der Waals surface area contributed by atoms with Crippen LogP contribution in [0.3, 0.4) is 0 Å². The molecule has 0 aliphatic carbocycles. The maximum absolute atomic E-state index is 13.1. The fourth-order valence-electron chi connectivity index (χ4n) is 3.61. The lowest BCUT2D eigenvalue weighted by Gasteiger charge is -2.33. The molecule has 1 aromatic heterocycles. The molecule has 0 saturated carbocycles. The lowest BCUT2D eigenvalue weighted by Crippen LogP contribution is -2.45. The number of likely N-dealkylation sites (tertiary alicyclic amines) is 1. The van der Waals surface area contributed by atoms with Crippen molar-refractivity contribution in [3.05, 3.63) is 60.3 Å². The summed E-state index contributed by atoms with van der Waals surface area (Å²) in [5.41, 5.74) is 2.36. The third-order valence-corrected chi connectivity index (χ3v) is 4.93. The largest absolute Gasteiger partial charge is 0.493 e. The molecule has 0 spiro atoms. The lowest BCUT2D eigenvalue weighted by molar-refractivity contribution is 0.0710. The van der Waals surface area contributed by atoms with Crippen molar-refractivity contribution in [3.8, 4) is 5.75 Å². The molecule has 1 atom stereocenters. The first-order valence-corrected chi connectivity index (χ1v) is 9.74. The monoisotopic (exact) mass is 376 g/mol. The number of nitrogens with one attached hydrogen (secondary N) is 1. The molecular weight excluding hydrogens is 352 g/mol. The van der Waals surface area contributed by atoms with Crippen LogP contribution in [-0.4, -0.2) is 46.5 Å². The zero-order chi connectivity index (χ0) is 19.3. The summed E-state index contributed by atoms with van der Waals surface area (Å²) >= 11 is 0. The minimum absolute atomic E-state index is 0.0140. The smallest absolute Gasteiger partial charge is 0.257 e. The summed E-state index contributed by atoms with van der Waals surface area (Å²) in [7, 11) is 0. The van der Waals surface area contributed by atoms with E-state index in [4.69, 9.17) is 4.74 Å². The number of carbonyl (C=O) groups is 1. The molecule has 0 bridgehead atoms. The molecule has 2 heterocycles. The molecular formula is C22H24N4O2. The van der Waals surface area contributed by atoms with Crippen molar-refractivity contribution in [2.24, 2.45) is 0 Å². The van der Waals surface area contributed by atoms with Gasteiger partial charge < -0.3 is 15.0 Å². The number of hydrogen-bond acceptors (Lipinski definition) is 5. The summed E-state index contributed by atoms with van der Waals surface area (Å²) < 4.78 is 5.63. The minimum Gasteiger partial charge on any atom is -0.493 e. The molecule has 1 amide bonds. The maximum atomic E-state index is 13.1. The Labute approximate surface area is 164 Å². The van der Waals surface area contributed by atoms with Crippen LogP contribution in [0, 0.1) is 0 Å². The van der Waals surface area contributed by atoms with Crippen LogP contribution in [0.15, 0.2) is 54.7 Å². The number of anilines is 1. The highest BCUT2D eigenvalue weighted by Crippen LogP contribution is 2.23. The Morgan fingerprint density at radius 3 is 2.82 bits per heavy atom. The van der Waals surface area contributed by atoms with E-state index in [1.165, 1.54) is 0 Å². The minimum atomic E-state index is 0.0140. The van der Waals surface area contributed by atoms with E-state index in [0.29, 0.717) is 24.5 Å². The lowest BCUT2D eigenvalue weighted by atomic mass is 10.0. The van der Waals surface area contributed by atoms with Crippen LogP contribution < -0.4 is 10.1 Å². The Morgan fingerprint density at radius 1 is 1.18 bits per heavy atom. The summed E-state index contributed by atoms with van der Waals surface area (Å²) in [6, 6.07) is 15.4. The molecule has 1 saturated heterocycles. The van der Waals surface area contributed by atoms with Crippen molar-refractivity contribution in [1.29, 1.82) is 0 Å². The van der Waals surface area contributed by atoms with Gasteiger partial charge in [0.2, 0.25) is 0 Å². The highest BCUT2D eigenvalue weighted by Gasteiger charge is 2.26. The van der Waals surface area contributed by atoms with E-state index in [2.05, 4.69) is 15.3 Å². The van der Waals surface area contributed by atoms with Crippen molar-refractivity contribution in [2.45, 2.75) is 25.8 Å². The molecule has 1 aliphatic heterocycles. The van der Waals surface area contributed by atoms with E-state index in [0.717, 1.165) is 36.2 Å². The van der Waals surface area contributed by atoms with Gasteiger partial charge in [-0.25, -0.2) is 4.98 Å². The van der Waals surface area contributed by atoms with Gasteiger partial charge in [-0.1, -0.05) is 24.3 Å². The second-order valence-electron chi connectivity index (χ2n) is 6.91. The molecule has 1 unspecified atom stereocenters. The van der Waals surface area contributed by atoms with Crippen LogP contribution in [0.4, 0.5) is 5.82 Å². The van der Waals surface area contributed by atoms with E-state index in [1.807, 2.05) is 60.4 Å². The van der Waals surface area contributed by atoms with E-state index >= 15 is 0 Å². The Kier molecular flexibility index (Phi) is 5.37. The zero-order valence-electron chi connectivity index (χ0n) is 16.0. The average Bonchev–Trinajstić information content (AvgIpc) is 2.74. The highest BCUT2D eigenvalue weighted by molar-refractivity contribution is 5.97. The molecule has 4 rings (SSSR count). The van der Waals surface area contributed by atoms with Gasteiger partial charge in [0.05, 0.1) is 29.4 Å². The van der Waals surface area contributed by atoms with Crippen molar-refractivity contribution in [1.82, 2.24) is 14.9 Å². The fourth-order valence-corrected chi connectivity index (χ4v) is 3.61. The van der Waals surface area contributed by atoms with E-state index < -0.39 is 0 Å². The Bertz CT molecular complexity index is 975. The van der Waals surface area contributed by atoms with Gasteiger partial charge in [0.15, 0.2) is 0 Å². The Balaban J connectivity index is 1.47. The van der Waals surface area contributed by atoms with Crippen LogP contribution in [0.5, 0.6) is 5.75 Å². The van der Waals surface area contributed by atoms with Crippen molar-refractivity contribution >= 4 is 22.8 Å². The number of amides is 1. The van der Waals surface area contributed by atoms with Crippen LogP contribution in [0.2, 0.25) is 0 Å². The summed E-state index contributed by atoms with van der Waals surface area (Å²) in [6.07, 6.45) is 3.69. The van der Waals surface area contributed by atoms with Crippen molar-refractivity contribution < 1.29 is 9.53 Å². The topological polar surface area (TPSA) is 67.3 Å². The first-order valence-electron chi connectivity index (χ1n) is 9.74. The third-order valence-electron chi connectivity index (χ3n) is 4.93. The average molecular weight is 376 g/mol. The van der Waals surface area contributed by atoms with E-state index in [-0.39, 0.29) is 11.9 Å². The molecule has 28 heavy (non-hydrogen) atoms. The molecule has 1 fully saturated rings. The van der Waals surface area contributed by atoms with Gasteiger partial charge in [-0.3, -0.25) is 9.78 Å². The second-order valence-corrected chi connectivity index (χ2v) is 6.91. The van der Waals surface area contributed by atoms with Crippen molar-refractivity contribution in [2.75, 3.05) is 25.0 Å². The number of benzene rings is 2. The number of nitrogens with zero attached hydrogens (tertiary/aromatic N) is 3. The molecule has 1 aliphatic rings. The van der Waals surface area contributed by atoms with E-state index in [1.54, 1.807) is 6.20 Å². The summed E-state index contributed by atoms with van der Waals surface area (Å²) in [6.45, 7) is 3.84. The van der Waals surface area contributed by atoms with Crippen LogP contribution >= 0.6 is 0 Å².